The van der Waals surface area contributed by atoms with Crippen molar-refractivity contribution in [2.24, 2.45) is 17.6 Å². The Balaban J connectivity index is 1.18. The summed E-state index contributed by atoms with van der Waals surface area (Å²) in [6.45, 7) is 3.58. The number of carbonyl (C=O) groups excluding carboxylic acids is 4. The first-order chi connectivity index (χ1) is 19.3. The third-order valence-corrected chi connectivity index (χ3v) is 7.44. The third-order valence-electron chi connectivity index (χ3n) is 7.44. The monoisotopic (exact) mass is 540 g/mol. The van der Waals surface area contributed by atoms with Crippen molar-refractivity contribution in [3.05, 3.63) is 106 Å². The van der Waals surface area contributed by atoms with Gasteiger partial charge in [-0.2, -0.15) is 0 Å². The van der Waals surface area contributed by atoms with Crippen molar-refractivity contribution < 1.29 is 19.2 Å². The molecule has 0 heterocycles. The zero-order valence-electron chi connectivity index (χ0n) is 22.7. The van der Waals surface area contributed by atoms with Crippen LogP contribution in [0, 0.1) is 18.8 Å². The van der Waals surface area contributed by atoms with E-state index in [1.54, 1.807) is 42.5 Å². The molecule has 0 saturated heterocycles. The van der Waals surface area contributed by atoms with Gasteiger partial charge in [0.2, 0.25) is 5.91 Å². The number of nitrogens with one attached hydrogen (secondary N) is 3. The van der Waals surface area contributed by atoms with Crippen LogP contribution >= 0.6 is 0 Å². The van der Waals surface area contributed by atoms with Gasteiger partial charge in [0, 0.05) is 41.9 Å². The fourth-order valence-corrected chi connectivity index (χ4v) is 4.92. The van der Waals surface area contributed by atoms with E-state index in [9.17, 15) is 19.2 Å². The second-order valence-corrected chi connectivity index (χ2v) is 10.5. The Kier molecular flexibility index (Phi) is 9.67. The Bertz CT molecular complexity index is 1360. The number of amides is 4. The second kappa shape index (κ2) is 13.6. The molecule has 3 aromatic rings. The van der Waals surface area contributed by atoms with E-state index in [0.29, 0.717) is 53.7 Å². The molecule has 0 radical (unpaired) electrons. The van der Waals surface area contributed by atoms with Gasteiger partial charge in [0.05, 0.1) is 0 Å². The van der Waals surface area contributed by atoms with Gasteiger partial charge in [-0.05, 0) is 86.4 Å². The summed E-state index contributed by atoms with van der Waals surface area (Å²) in [5.74, 6) is -0.466. The summed E-state index contributed by atoms with van der Waals surface area (Å²) in [5, 5.41) is 8.89. The largest absolute Gasteiger partial charge is 0.366 e. The van der Waals surface area contributed by atoms with Crippen LogP contribution in [0.1, 0.15) is 78.2 Å². The van der Waals surface area contributed by atoms with Crippen molar-refractivity contribution in [3.63, 3.8) is 0 Å². The maximum atomic E-state index is 12.8. The summed E-state index contributed by atoms with van der Waals surface area (Å²) in [6.07, 6.45) is 3.83. The molecule has 1 aliphatic rings. The molecule has 8 nitrogen and oxygen atoms in total. The highest BCUT2D eigenvalue weighted by Gasteiger charge is 2.22. The van der Waals surface area contributed by atoms with Crippen LogP contribution in [0.3, 0.4) is 0 Å². The van der Waals surface area contributed by atoms with Gasteiger partial charge in [-0.1, -0.05) is 42.0 Å². The van der Waals surface area contributed by atoms with Gasteiger partial charge in [0.1, 0.15) is 0 Å². The molecule has 0 aromatic heterocycles. The lowest BCUT2D eigenvalue weighted by Crippen LogP contribution is -2.34. The lowest BCUT2D eigenvalue weighted by Gasteiger charge is -2.28. The number of hydrogen-bond donors (Lipinski definition) is 4. The molecule has 1 saturated carbocycles. The Labute approximate surface area is 234 Å². The fraction of sp³-hybridized carbons (Fsp3) is 0.312. The van der Waals surface area contributed by atoms with E-state index >= 15 is 0 Å². The van der Waals surface area contributed by atoms with Crippen LogP contribution in [-0.4, -0.2) is 36.7 Å². The average Bonchev–Trinajstić information content (AvgIpc) is 2.98. The SMILES string of the molecule is Cc1ccc(CNC(=O)c2cccc(C(=O)NCC3CCC(CNC(=O)c4cccc(C(N)=O)c4)CC3)c2)cc1. The smallest absolute Gasteiger partial charge is 0.251 e. The molecular weight excluding hydrogens is 504 g/mol. The van der Waals surface area contributed by atoms with Crippen LogP contribution in [-0.2, 0) is 6.54 Å². The number of carbonyl (C=O) groups is 4. The molecule has 0 bridgehead atoms. The predicted octanol–water partition coefficient (Wildman–Crippen LogP) is 3.99. The maximum Gasteiger partial charge on any atom is 0.251 e. The van der Waals surface area contributed by atoms with E-state index in [1.807, 2.05) is 31.2 Å². The van der Waals surface area contributed by atoms with Gasteiger partial charge in [0.15, 0.2) is 0 Å². The van der Waals surface area contributed by atoms with Crippen LogP contribution in [0.25, 0.3) is 0 Å². The van der Waals surface area contributed by atoms with Crippen LogP contribution < -0.4 is 21.7 Å². The van der Waals surface area contributed by atoms with Crippen molar-refractivity contribution >= 4 is 23.6 Å². The lowest BCUT2D eigenvalue weighted by molar-refractivity contribution is 0.0921. The van der Waals surface area contributed by atoms with Gasteiger partial charge in [0.25, 0.3) is 17.7 Å². The molecule has 0 spiro atoms. The number of aryl methyl sites for hydroxylation is 1. The highest BCUT2D eigenvalue weighted by atomic mass is 16.2. The Hall–Kier alpha value is -4.46. The van der Waals surface area contributed by atoms with Gasteiger partial charge in [-0.3, -0.25) is 19.2 Å². The average molecular weight is 541 g/mol. The second-order valence-electron chi connectivity index (χ2n) is 10.5. The van der Waals surface area contributed by atoms with E-state index in [1.165, 1.54) is 6.07 Å². The van der Waals surface area contributed by atoms with E-state index in [-0.39, 0.29) is 17.7 Å². The molecule has 1 aliphatic carbocycles. The molecular formula is C32H36N4O4. The van der Waals surface area contributed by atoms with Crippen LogP contribution in [0.2, 0.25) is 0 Å². The molecule has 1 fully saturated rings. The number of nitrogens with two attached hydrogens (primary N) is 1. The first-order valence-electron chi connectivity index (χ1n) is 13.7. The zero-order chi connectivity index (χ0) is 28.5. The number of rotatable bonds is 10. The summed E-state index contributed by atoms with van der Waals surface area (Å²) in [4.78, 5) is 49.3. The molecule has 0 atom stereocenters. The molecule has 4 rings (SSSR count). The Morgan fingerprint density at radius 1 is 0.650 bits per heavy atom. The Morgan fingerprint density at radius 2 is 1.07 bits per heavy atom. The normalized spacial score (nSPS) is 16.5. The summed E-state index contributed by atoms with van der Waals surface area (Å²) in [7, 11) is 0. The van der Waals surface area contributed by atoms with Crippen molar-refractivity contribution in [2.45, 2.75) is 39.2 Å². The first kappa shape index (κ1) is 28.5. The summed E-state index contributed by atoms with van der Waals surface area (Å²) in [6, 6.07) is 21.1. The van der Waals surface area contributed by atoms with Crippen molar-refractivity contribution in [2.75, 3.05) is 13.1 Å². The van der Waals surface area contributed by atoms with Crippen LogP contribution in [0.4, 0.5) is 0 Å². The quantitative estimate of drug-likeness (QED) is 0.310. The summed E-state index contributed by atoms with van der Waals surface area (Å²) >= 11 is 0. The van der Waals surface area contributed by atoms with E-state index < -0.39 is 5.91 Å². The Morgan fingerprint density at radius 3 is 1.55 bits per heavy atom. The molecule has 4 amide bonds. The van der Waals surface area contributed by atoms with Gasteiger partial charge in [-0.25, -0.2) is 0 Å². The van der Waals surface area contributed by atoms with E-state index in [4.69, 9.17) is 5.73 Å². The molecule has 5 N–H and O–H groups in total. The highest BCUT2D eigenvalue weighted by molar-refractivity contribution is 6.00. The number of hydrogen-bond acceptors (Lipinski definition) is 4. The number of primary amides is 1. The predicted molar refractivity (Wildman–Crippen MR) is 154 cm³/mol. The van der Waals surface area contributed by atoms with Crippen molar-refractivity contribution in [1.82, 2.24) is 16.0 Å². The third kappa shape index (κ3) is 8.02. The van der Waals surface area contributed by atoms with E-state index in [0.717, 1.165) is 36.8 Å². The topological polar surface area (TPSA) is 130 Å². The highest BCUT2D eigenvalue weighted by Crippen LogP contribution is 2.28. The lowest BCUT2D eigenvalue weighted by atomic mass is 9.82. The first-order valence-corrected chi connectivity index (χ1v) is 13.7. The van der Waals surface area contributed by atoms with Crippen LogP contribution in [0.15, 0.2) is 72.8 Å². The van der Waals surface area contributed by atoms with Crippen molar-refractivity contribution in [1.29, 1.82) is 0 Å². The van der Waals surface area contributed by atoms with Crippen LogP contribution in [0.5, 0.6) is 0 Å². The summed E-state index contributed by atoms with van der Waals surface area (Å²) in [5.41, 5.74) is 9.11. The standard InChI is InChI=1S/C32H36N4O4/c1-21-8-10-22(11-9-21)18-34-31(39)27-6-3-7-28(17-27)32(40)36-20-24-14-12-23(13-15-24)19-35-30(38)26-5-2-4-25(16-26)29(33)37/h2-11,16-17,23-24H,12-15,18-20H2,1H3,(H2,33,37)(H,34,39)(H,35,38)(H,36,40). The van der Waals surface area contributed by atoms with Gasteiger partial charge < -0.3 is 21.7 Å². The molecule has 40 heavy (non-hydrogen) atoms. The molecule has 0 aliphatic heterocycles. The minimum Gasteiger partial charge on any atom is -0.366 e. The maximum absolute atomic E-state index is 12.8. The zero-order valence-corrected chi connectivity index (χ0v) is 22.7. The number of benzene rings is 3. The molecule has 208 valence electrons. The molecule has 3 aromatic carbocycles. The minimum absolute atomic E-state index is 0.194. The van der Waals surface area contributed by atoms with E-state index in [2.05, 4.69) is 16.0 Å². The fourth-order valence-electron chi connectivity index (χ4n) is 4.92. The van der Waals surface area contributed by atoms with Crippen molar-refractivity contribution in [3.8, 4) is 0 Å². The van der Waals surface area contributed by atoms with Gasteiger partial charge >= 0.3 is 0 Å². The summed E-state index contributed by atoms with van der Waals surface area (Å²) < 4.78 is 0. The molecule has 8 heteroatoms. The van der Waals surface area contributed by atoms with Gasteiger partial charge in [-0.15, -0.1) is 0 Å². The minimum atomic E-state index is -0.563. The molecule has 0 unspecified atom stereocenters.